The molecule has 0 aliphatic heterocycles. The predicted octanol–water partition coefficient (Wildman–Crippen LogP) is 3.54. The van der Waals surface area contributed by atoms with Crippen molar-refractivity contribution in [1.82, 2.24) is 9.78 Å². The van der Waals surface area contributed by atoms with E-state index in [9.17, 15) is 4.79 Å². The number of aromatic nitrogens is 2. The predicted molar refractivity (Wildman–Crippen MR) is 83.4 cm³/mol. The van der Waals surface area contributed by atoms with Crippen LogP contribution in [-0.4, -0.2) is 15.8 Å². The molecule has 0 saturated heterocycles. The minimum Gasteiger partial charge on any atom is -0.377 e. The lowest BCUT2D eigenvalue weighted by atomic mass is 10.0. The van der Waals surface area contributed by atoms with Crippen molar-refractivity contribution in [2.24, 2.45) is 11.8 Å². The Morgan fingerprint density at radius 2 is 2.10 bits per heavy atom. The maximum absolute atomic E-state index is 12.4. The zero-order valence-electron chi connectivity index (χ0n) is 12.5. The minimum atomic E-state index is -0.0965. The molecule has 1 heterocycles. The summed E-state index contributed by atoms with van der Waals surface area (Å²) < 4.78 is 1.54. The molecule has 1 aromatic rings. The van der Waals surface area contributed by atoms with Gasteiger partial charge < -0.3 is 5.32 Å². The molecule has 5 heteroatoms. The highest BCUT2D eigenvalue weighted by atomic mass is 35.5. The van der Waals surface area contributed by atoms with E-state index in [4.69, 9.17) is 11.6 Å². The van der Waals surface area contributed by atoms with Gasteiger partial charge in [0, 0.05) is 12.6 Å². The summed E-state index contributed by atoms with van der Waals surface area (Å²) in [6.07, 6.45) is 6.13. The molecule has 1 unspecified atom stereocenters. The molecule has 0 bridgehead atoms. The van der Waals surface area contributed by atoms with E-state index in [-0.39, 0.29) is 11.6 Å². The zero-order chi connectivity index (χ0) is 14.7. The average molecular weight is 298 g/mol. The van der Waals surface area contributed by atoms with Gasteiger partial charge in [-0.3, -0.25) is 4.79 Å². The summed E-state index contributed by atoms with van der Waals surface area (Å²) in [7, 11) is 0. The number of halogens is 1. The first-order valence-corrected chi connectivity index (χ1v) is 7.87. The topological polar surface area (TPSA) is 46.9 Å². The van der Waals surface area contributed by atoms with E-state index < -0.39 is 0 Å². The van der Waals surface area contributed by atoms with E-state index in [1.54, 1.807) is 10.9 Å². The second-order valence-electron chi connectivity index (χ2n) is 6.31. The Kier molecular flexibility index (Phi) is 5.08. The van der Waals surface area contributed by atoms with E-state index in [0.717, 1.165) is 12.8 Å². The van der Waals surface area contributed by atoms with Crippen LogP contribution in [0.3, 0.4) is 0 Å². The molecule has 0 aromatic carbocycles. The lowest BCUT2D eigenvalue weighted by Gasteiger charge is -2.17. The number of nitrogens with one attached hydrogen (secondary N) is 1. The number of hydrogen-bond donors (Lipinski definition) is 1. The summed E-state index contributed by atoms with van der Waals surface area (Å²) in [5, 5.41) is 7.81. The average Bonchev–Trinajstić information content (AvgIpc) is 3.19. The first kappa shape index (κ1) is 15.4. The Bertz CT molecular complexity index is 508. The number of rotatable bonds is 7. The molecule has 0 amide bonds. The normalized spacial score (nSPS) is 16.4. The fraction of sp³-hybridized carbons (Fsp3) is 0.733. The van der Waals surface area contributed by atoms with Crippen LogP contribution in [-0.2, 0) is 6.54 Å². The second kappa shape index (κ2) is 6.61. The first-order valence-electron chi connectivity index (χ1n) is 7.49. The highest BCUT2D eigenvalue weighted by molar-refractivity contribution is 6.33. The van der Waals surface area contributed by atoms with Crippen LogP contribution in [0.5, 0.6) is 0 Å². The Balaban J connectivity index is 2.07. The number of nitrogens with zero attached hydrogens (tertiary/aromatic N) is 2. The van der Waals surface area contributed by atoms with E-state index in [0.29, 0.717) is 29.1 Å². The number of hydrogen-bond acceptors (Lipinski definition) is 3. The van der Waals surface area contributed by atoms with Crippen LogP contribution in [0.1, 0.15) is 46.5 Å². The smallest absolute Gasteiger partial charge is 0.291 e. The molecule has 0 radical (unpaired) electrons. The maximum atomic E-state index is 12.4. The summed E-state index contributed by atoms with van der Waals surface area (Å²) >= 11 is 6.12. The molecule has 1 N–H and O–H groups in total. The van der Waals surface area contributed by atoms with Gasteiger partial charge in [-0.15, -0.1) is 0 Å². The van der Waals surface area contributed by atoms with E-state index in [1.807, 2.05) is 0 Å². The van der Waals surface area contributed by atoms with Crippen molar-refractivity contribution in [3.63, 3.8) is 0 Å². The van der Waals surface area contributed by atoms with Crippen molar-refractivity contribution in [2.45, 2.75) is 59.0 Å². The monoisotopic (exact) mass is 297 g/mol. The van der Waals surface area contributed by atoms with Crippen LogP contribution in [0.4, 0.5) is 5.69 Å². The molecular weight excluding hydrogens is 274 g/mol. The van der Waals surface area contributed by atoms with Crippen LogP contribution in [0.2, 0.25) is 5.02 Å². The molecule has 2 rings (SSSR count). The molecule has 1 atom stereocenters. The molecule has 20 heavy (non-hydrogen) atoms. The van der Waals surface area contributed by atoms with Crippen molar-refractivity contribution < 1.29 is 0 Å². The summed E-state index contributed by atoms with van der Waals surface area (Å²) in [6.45, 7) is 7.21. The summed E-state index contributed by atoms with van der Waals surface area (Å²) in [6, 6.07) is 0.236. The fourth-order valence-corrected chi connectivity index (χ4v) is 2.36. The Labute approximate surface area is 125 Å². The van der Waals surface area contributed by atoms with Crippen LogP contribution >= 0.6 is 11.6 Å². The van der Waals surface area contributed by atoms with Gasteiger partial charge in [-0.2, -0.15) is 5.10 Å². The molecule has 4 nitrogen and oxygen atoms in total. The molecule has 1 saturated carbocycles. The fourth-order valence-electron chi connectivity index (χ4n) is 2.18. The zero-order valence-corrected chi connectivity index (χ0v) is 13.3. The van der Waals surface area contributed by atoms with Gasteiger partial charge in [0.1, 0.15) is 5.69 Å². The van der Waals surface area contributed by atoms with Gasteiger partial charge >= 0.3 is 0 Å². The van der Waals surface area contributed by atoms with Gasteiger partial charge in [-0.1, -0.05) is 25.4 Å². The lowest BCUT2D eigenvalue weighted by molar-refractivity contribution is 0.521. The molecule has 1 aliphatic rings. The summed E-state index contributed by atoms with van der Waals surface area (Å²) in [4.78, 5) is 12.4. The Morgan fingerprint density at radius 1 is 1.40 bits per heavy atom. The van der Waals surface area contributed by atoms with E-state index >= 15 is 0 Å². The minimum absolute atomic E-state index is 0.0965. The van der Waals surface area contributed by atoms with Gasteiger partial charge in [0.05, 0.1) is 11.2 Å². The van der Waals surface area contributed by atoms with Crippen LogP contribution in [0.25, 0.3) is 0 Å². The van der Waals surface area contributed by atoms with Gasteiger partial charge in [0.15, 0.2) is 0 Å². The molecule has 112 valence electrons. The lowest BCUT2D eigenvalue weighted by Crippen LogP contribution is -2.29. The maximum Gasteiger partial charge on any atom is 0.291 e. The third-order valence-corrected chi connectivity index (χ3v) is 3.98. The molecule has 0 spiro atoms. The van der Waals surface area contributed by atoms with Gasteiger partial charge in [-0.05, 0) is 44.4 Å². The van der Waals surface area contributed by atoms with Crippen LogP contribution in [0.15, 0.2) is 11.0 Å². The largest absolute Gasteiger partial charge is 0.377 e. The van der Waals surface area contributed by atoms with Crippen molar-refractivity contribution >= 4 is 17.3 Å². The molecule has 1 aromatic heterocycles. The Hall–Kier alpha value is -1.03. The summed E-state index contributed by atoms with van der Waals surface area (Å²) in [5.74, 6) is 1.28. The standard InChI is InChI=1S/C15H24ClN3O/c1-10(2)4-5-11(3)18-14-13(16)8-17-19(15(14)20)9-12-6-7-12/h8,10-12,18H,4-7,9H2,1-3H3. The van der Waals surface area contributed by atoms with Gasteiger partial charge in [0.2, 0.25) is 0 Å². The third kappa shape index (κ3) is 4.23. The van der Waals surface area contributed by atoms with Crippen molar-refractivity contribution in [3.8, 4) is 0 Å². The molecule has 1 fully saturated rings. The second-order valence-corrected chi connectivity index (χ2v) is 6.72. The quantitative estimate of drug-likeness (QED) is 0.837. The van der Waals surface area contributed by atoms with Crippen molar-refractivity contribution in [2.75, 3.05) is 5.32 Å². The highest BCUT2D eigenvalue weighted by Crippen LogP contribution is 2.30. The number of anilines is 1. The summed E-state index contributed by atoms with van der Waals surface area (Å²) in [5.41, 5.74) is 0.402. The molecular formula is C15H24ClN3O. The molecule has 1 aliphatic carbocycles. The van der Waals surface area contributed by atoms with Crippen molar-refractivity contribution in [3.05, 3.63) is 21.6 Å². The van der Waals surface area contributed by atoms with Crippen LogP contribution in [0, 0.1) is 11.8 Å². The van der Waals surface area contributed by atoms with E-state index in [2.05, 4.69) is 31.2 Å². The van der Waals surface area contributed by atoms with E-state index in [1.165, 1.54) is 12.8 Å². The first-order chi connectivity index (χ1) is 9.47. The van der Waals surface area contributed by atoms with Gasteiger partial charge in [-0.25, -0.2) is 4.68 Å². The van der Waals surface area contributed by atoms with Crippen LogP contribution < -0.4 is 10.9 Å². The third-order valence-electron chi connectivity index (χ3n) is 3.69. The SMILES string of the molecule is CC(C)CCC(C)Nc1c(Cl)cnn(CC2CC2)c1=O. The highest BCUT2D eigenvalue weighted by Gasteiger charge is 2.23. The Morgan fingerprint density at radius 3 is 2.70 bits per heavy atom. The van der Waals surface area contributed by atoms with Crippen molar-refractivity contribution in [1.29, 1.82) is 0 Å². The van der Waals surface area contributed by atoms with Gasteiger partial charge in [0.25, 0.3) is 5.56 Å².